The summed E-state index contributed by atoms with van der Waals surface area (Å²) in [4.78, 5) is 17.1. The first-order chi connectivity index (χ1) is 14.2. The van der Waals surface area contributed by atoms with Crippen LogP contribution in [0.2, 0.25) is 0 Å². The maximum Gasteiger partial charge on any atom is 0.254 e. The molecule has 0 bridgehead atoms. The minimum absolute atomic E-state index is 0.0454. The molecule has 1 aromatic carbocycles. The topological polar surface area (TPSA) is 75.9 Å². The molecule has 1 saturated carbocycles. The number of hydrogen-bond donors (Lipinski definition) is 0. The molecular formula is C21H24N6O2. The van der Waals surface area contributed by atoms with E-state index in [-0.39, 0.29) is 5.91 Å². The number of methoxy groups -OCH3 is 1. The molecule has 2 aromatic heterocycles. The Morgan fingerprint density at radius 1 is 1.07 bits per heavy atom. The molecule has 150 valence electrons. The number of aromatic nitrogens is 4. The van der Waals surface area contributed by atoms with Crippen molar-refractivity contribution >= 4 is 17.4 Å². The van der Waals surface area contributed by atoms with Crippen LogP contribution in [0.1, 0.15) is 41.4 Å². The van der Waals surface area contributed by atoms with Gasteiger partial charge in [-0.2, -0.15) is 4.52 Å². The third-order valence-corrected chi connectivity index (χ3v) is 5.64. The molecule has 8 nitrogen and oxygen atoms in total. The van der Waals surface area contributed by atoms with Crippen molar-refractivity contribution in [3.05, 3.63) is 47.8 Å². The van der Waals surface area contributed by atoms with Crippen LogP contribution in [-0.2, 0) is 0 Å². The smallest absolute Gasteiger partial charge is 0.254 e. The molecule has 5 rings (SSSR count). The molecule has 8 heteroatoms. The van der Waals surface area contributed by atoms with Crippen LogP contribution < -0.4 is 9.64 Å². The summed E-state index contributed by atoms with van der Waals surface area (Å²) < 4.78 is 7.14. The van der Waals surface area contributed by atoms with Crippen LogP contribution >= 0.6 is 0 Å². The van der Waals surface area contributed by atoms with Gasteiger partial charge in [0.1, 0.15) is 11.6 Å². The van der Waals surface area contributed by atoms with E-state index in [1.165, 1.54) is 0 Å². The van der Waals surface area contributed by atoms with Gasteiger partial charge >= 0.3 is 0 Å². The number of hydrogen-bond acceptors (Lipinski definition) is 6. The lowest BCUT2D eigenvalue weighted by atomic mass is 10.2. The Bertz CT molecular complexity index is 1040. The number of carbonyl (C=O) groups is 1. The van der Waals surface area contributed by atoms with Crippen molar-refractivity contribution in [1.82, 2.24) is 24.7 Å². The van der Waals surface area contributed by atoms with Gasteiger partial charge < -0.3 is 14.5 Å². The lowest BCUT2D eigenvalue weighted by molar-refractivity contribution is 0.0766. The first-order valence-electron chi connectivity index (χ1n) is 10.1. The first kappa shape index (κ1) is 17.9. The second kappa shape index (κ2) is 7.35. The van der Waals surface area contributed by atoms with E-state index in [1.807, 2.05) is 39.7 Å². The molecular weight excluding hydrogens is 368 g/mol. The molecule has 2 aliphatic rings. The molecule has 0 radical (unpaired) electrons. The minimum Gasteiger partial charge on any atom is -0.497 e. The van der Waals surface area contributed by atoms with E-state index >= 15 is 0 Å². The maximum atomic E-state index is 12.9. The molecule has 2 fully saturated rings. The van der Waals surface area contributed by atoms with Crippen molar-refractivity contribution in [2.45, 2.75) is 25.2 Å². The highest BCUT2D eigenvalue weighted by molar-refractivity contribution is 5.94. The van der Waals surface area contributed by atoms with Crippen LogP contribution in [0.5, 0.6) is 5.75 Å². The van der Waals surface area contributed by atoms with Gasteiger partial charge in [-0.1, -0.05) is 6.07 Å². The predicted octanol–water partition coefficient (Wildman–Crippen LogP) is 2.36. The monoisotopic (exact) mass is 392 g/mol. The number of amides is 1. The summed E-state index contributed by atoms with van der Waals surface area (Å²) in [5.74, 6) is 3.11. The zero-order valence-corrected chi connectivity index (χ0v) is 16.5. The van der Waals surface area contributed by atoms with Crippen molar-refractivity contribution in [2.24, 2.45) is 0 Å². The zero-order chi connectivity index (χ0) is 19.8. The third-order valence-electron chi connectivity index (χ3n) is 5.64. The molecule has 0 spiro atoms. The van der Waals surface area contributed by atoms with Gasteiger partial charge in [-0.3, -0.25) is 4.79 Å². The number of ether oxygens (including phenoxy) is 1. The van der Waals surface area contributed by atoms with Crippen LogP contribution in [0.15, 0.2) is 36.4 Å². The van der Waals surface area contributed by atoms with Crippen molar-refractivity contribution in [3.8, 4) is 5.75 Å². The fraction of sp³-hybridized carbons (Fsp3) is 0.429. The molecule has 3 heterocycles. The average molecular weight is 392 g/mol. The largest absolute Gasteiger partial charge is 0.497 e. The molecule has 29 heavy (non-hydrogen) atoms. The van der Waals surface area contributed by atoms with Gasteiger partial charge in [-0.25, -0.2) is 0 Å². The Hall–Kier alpha value is -3.16. The second-order valence-corrected chi connectivity index (χ2v) is 7.66. The van der Waals surface area contributed by atoms with E-state index in [0.29, 0.717) is 23.8 Å². The molecule has 1 aliphatic carbocycles. The van der Waals surface area contributed by atoms with Gasteiger partial charge in [-0.05, 0) is 49.6 Å². The number of carbonyl (C=O) groups excluding carboxylic acids is 1. The summed E-state index contributed by atoms with van der Waals surface area (Å²) in [6, 6.07) is 11.3. The summed E-state index contributed by atoms with van der Waals surface area (Å²) in [6.07, 6.45) is 3.22. The first-order valence-corrected chi connectivity index (χ1v) is 10.1. The molecule has 0 unspecified atom stereocenters. The second-order valence-electron chi connectivity index (χ2n) is 7.66. The van der Waals surface area contributed by atoms with Crippen LogP contribution in [-0.4, -0.2) is 63.9 Å². The standard InChI is InChI=1S/C21H24N6O2/c1-29-17-5-2-4-16(14-17)21(28)26-11-3-10-25(12-13-26)19-9-8-18-22-23-20(15-6-7-15)27(18)24-19/h2,4-5,8-9,14-15H,3,6-7,10-13H2,1H3. The SMILES string of the molecule is COc1cccc(C(=O)N2CCCN(c3ccc4nnc(C5CC5)n4n3)CC2)c1. The fourth-order valence-corrected chi connectivity index (χ4v) is 3.85. The molecule has 0 N–H and O–H groups in total. The van der Waals surface area contributed by atoms with Gasteiger partial charge in [0.2, 0.25) is 0 Å². The summed E-state index contributed by atoms with van der Waals surface area (Å²) in [7, 11) is 1.61. The summed E-state index contributed by atoms with van der Waals surface area (Å²) in [5, 5.41) is 13.4. The van der Waals surface area contributed by atoms with Crippen LogP contribution in [0.4, 0.5) is 5.82 Å². The molecule has 1 saturated heterocycles. The number of rotatable bonds is 4. The molecule has 3 aromatic rings. The highest BCUT2D eigenvalue weighted by atomic mass is 16.5. The van der Waals surface area contributed by atoms with E-state index < -0.39 is 0 Å². The average Bonchev–Trinajstić information content (AvgIpc) is 3.56. The molecule has 0 atom stereocenters. The third kappa shape index (κ3) is 3.50. The normalized spacial score (nSPS) is 17.4. The summed E-state index contributed by atoms with van der Waals surface area (Å²) >= 11 is 0. The van der Waals surface area contributed by atoms with Crippen molar-refractivity contribution in [3.63, 3.8) is 0 Å². The van der Waals surface area contributed by atoms with E-state index in [0.717, 1.165) is 56.2 Å². The van der Waals surface area contributed by atoms with Crippen molar-refractivity contribution in [1.29, 1.82) is 0 Å². The maximum absolute atomic E-state index is 12.9. The van der Waals surface area contributed by atoms with Gasteiger partial charge in [0, 0.05) is 37.7 Å². The zero-order valence-electron chi connectivity index (χ0n) is 16.5. The van der Waals surface area contributed by atoms with E-state index in [2.05, 4.69) is 15.1 Å². The Morgan fingerprint density at radius 2 is 1.97 bits per heavy atom. The Morgan fingerprint density at radius 3 is 2.79 bits per heavy atom. The Balaban J connectivity index is 1.32. The fourth-order valence-electron chi connectivity index (χ4n) is 3.85. The predicted molar refractivity (Wildman–Crippen MR) is 108 cm³/mol. The molecule has 1 amide bonds. The number of nitrogens with zero attached hydrogens (tertiary/aromatic N) is 6. The minimum atomic E-state index is 0.0454. The van der Waals surface area contributed by atoms with E-state index in [4.69, 9.17) is 9.84 Å². The quantitative estimate of drug-likeness (QED) is 0.679. The highest BCUT2D eigenvalue weighted by Crippen LogP contribution is 2.38. The van der Waals surface area contributed by atoms with Crippen molar-refractivity contribution in [2.75, 3.05) is 38.2 Å². The van der Waals surface area contributed by atoms with Crippen LogP contribution in [0.3, 0.4) is 0 Å². The molecule has 1 aliphatic heterocycles. The van der Waals surface area contributed by atoms with Crippen LogP contribution in [0, 0.1) is 0 Å². The van der Waals surface area contributed by atoms with Gasteiger partial charge in [0.05, 0.1) is 7.11 Å². The summed E-state index contributed by atoms with van der Waals surface area (Å²) in [6.45, 7) is 3.00. The number of fused-ring (bicyclic) bond motifs is 1. The van der Waals surface area contributed by atoms with Gasteiger partial charge in [-0.15, -0.1) is 15.3 Å². The summed E-state index contributed by atoms with van der Waals surface area (Å²) in [5.41, 5.74) is 1.45. The lowest BCUT2D eigenvalue weighted by Gasteiger charge is -2.23. The van der Waals surface area contributed by atoms with Crippen molar-refractivity contribution < 1.29 is 9.53 Å². The lowest BCUT2D eigenvalue weighted by Crippen LogP contribution is -2.35. The van der Waals surface area contributed by atoms with Crippen LogP contribution in [0.25, 0.3) is 5.65 Å². The van der Waals surface area contributed by atoms with Gasteiger partial charge in [0.25, 0.3) is 5.91 Å². The Labute approximate surface area is 169 Å². The van der Waals surface area contributed by atoms with E-state index in [9.17, 15) is 4.79 Å². The number of anilines is 1. The Kier molecular flexibility index (Phi) is 4.54. The van der Waals surface area contributed by atoms with Gasteiger partial charge in [0.15, 0.2) is 11.5 Å². The van der Waals surface area contributed by atoms with E-state index in [1.54, 1.807) is 13.2 Å². The highest BCUT2D eigenvalue weighted by Gasteiger charge is 2.29. The number of benzene rings is 1.